The van der Waals surface area contributed by atoms with Crippen molar-refractivity contribution in [2.45, 2.75) is 25.6 Å². The van der Waals surface area contributed by atoms with Crippen molar-refractivity contribution in [2.24, 2.45) is 5.92 Å². The summed E-state index contributed by atoms with van der Waals surface area (Å²) in [5, 5.41) is 23.7. The number of anilines is 2. The average molecular weight is 629 g/mol. The van der Waals surface area contributed by atoms with Crippen LogP contribution in [0.3, 0.4) is 0 Å². The van der Waals surface area contributed by atoms with Crippen molar-refractivity contribution in [1.82, 2.24) is 24.7 Å². The summed E-state index contributed by atoms with van der Waals surface area (Å²) in [5.74, 6) is 0.604. The molecule has 2 saturated heterocycles. The van der Waals surface area contributed by atoms with Crippen LogP contribution in [0, 0.1) is 28.6 Å². The fourth-order valence-electron chi connectivity index (χ4n) is 5.48. The number of likely N-dealkylation sites (N-methyl/N-ethyl adjacent to an activating group) is 1. The Morgan fingerprint density at radius 3 is 2.67 bits per heavy atom. The maximum absolute atomic E-state index is 9.22. The standard InChI is InChI=1S/C29H35Cl2N9OS/c1-37-10-11-41-23(17-37)18-38-6-8-39(9-7-38)29-35-26-4-5-40(27(42)12-20(14-32)15-33)19-24(26)28(36-29)34-16-21-2-3-22(30)13-25(21)31/h2-3,12-13,20,23,42H,4-11,16-19H2,1H3,(H,34,35,36). The van der Waals surface area contributed by atoms with Gasteiger partial charge in [-0.1, -0.05) is 29.3 Å². The largest absolute Gasteiger partial charge is 0.374 e. The topological polar surface area (TPSA) is 108 Å². The fraction of sp³-hybridized carbons (Fsp3) is 0.517. The number of ether oxygens (including phenoxy) is 1. The highest BCUT2D eigenvalue weighted by Gasteiger charge is 2.28. The third kappa shape index (κ3) is 7.59. The van der Waals surface area contributed by atoms with Gasteiger partial charge in [-0.25, -0.2) is 4.98 Å². The minimum absolute atomic E-state index is 0.246. The number of halogens is 2. The summed E-state index contributed by atoms with van der Waals surface area (Å²) in [6, 6.07) is 9.42. The maximum Gasteiger partial charge on any atom is 0.227 e. The third-order valence-electron chi connectivity index (χ3n) is 7.89. The molecule has 1 atom stereocenters. The van der Waals surface area contributed by atoms with E-state index in [-0.39, 0.29) is 6.10 Å². The maximum atomic E-state index is 9.22. The Bertz CT molecular complexity index is 1370. The number of nitriles is 2. The zero-order valence-corrected chi connectivity index (χ0v) is 26.0. The number of fused-ring (bicyclic) bond motifs is 1. The van der Waals surface area contributed by atoms with Crippen LogP contribution in [0.25, 0.3) is 0 Å². The van der Waals surface area contributed by atoms with Crippen LogP contribution in [0.4, 0.5) is 11.8 Å². The molecule has 0 aliphatic carbocycles. The molecule has 10 nitrogen and oxygen atoms in total. The second-order valence-corrected chi connectivity index (χ2v) is 12.2. The molecule has 222 valence electrons. The van der Waals surface area contributed by atoms with Gasteiger partial charge in [-0.15, -0.1) is 12.6 Å². The van der Waals surface area contributed by atoms with Gasteiger partial charge in [0.1, 0.15) is 5.82 Å². The summed E-state index contributed by atoms with van der Waals surface area (Å²) >= 11 is 17.2. The number of benzene rings is 1. The monoisotopic (exact) mass is 627 g/mol. The molecule has 1 unspecified atom stereocenters. The number of nitrogens with one attached hydrogen (secondary N) is 1. The molecule has 13 heteroatoms. The van der Waals surface area contributed by atoms with Crippen molar-refractivity contribution in [1.29, 1.82) is 10.5 Å². The number of piperazine rings is 1. The molecule has 0 spiro atoms. The first kappa shape index (κ1) is 30.7. The van der Waals surface area contributed by atoms with E-state index in [2.05, 4.69) is 39.7 Å². The second-order valence-electron chi connectivity index (χ2n) is 10.9. The van der Waals surface area contributed by atoms with Crippen LogP contribution >= 0.6 is 35.8 Å². The van der Waals surface area contributed by atoms with Crippen LogP contribution in [0.1, 0.15) is 16.8 Å². The number of morpholine rings is 1. The molecule has 0 amide bonds. The van der Waals surface area contributed by atoms with Gasteiger partial charge in [0, 0.05) is 87.5 Å². The number of allylic oxidation sites excluding steroid dienone is 1. The Morgan fingerprint density at radius 2 is 1.95 bits per heavy atom. The van der Waals surface area contributed by atoms with Crippen molar-refractivity contribution in [3.05, 3.63) is 56.2 Å². The molecule has 5 rings (SSSR count). The van der Waals surface area contributed by atoms with E-state index >= 15 is 0 Å². The number of rotatable bonds is 8. The normalized spacial score (nSPS) is 20.3. The molecule has 1 N–H and O–H groups in total. The lowest BCUT2D eigenvalue weighted by Crippen LogP contribution is -2.52. The van der Waals surface area contributed by atoms with E-state index in [1.807, 2.05) is 29.2 Å². The van der Waals surface area contributed by atoms with Gasteiger partial charge < -0.3 is 24.8 Å². The van der Waals surface area contributed by atoms with Crippen molar-refractivity contribution in [3.8, 4) is 12.1 Å². The highest BCUT2D eigenvalue weighted by molar-refractivity contribution is 7.84. The molecule has 1 aromatic carbocycles. The molecule has 0 bridgehead atoms. The Hall–Kier alpha value is -2.77. The predicted molar refractivity (Wildman–Crippen MR) is 168 cm³/mol. The predicted octanol–water partition coefficient (Wildman–Crippen LogP) is 3.64. The summed E-state index contributed by atoms with van der Waals surface area (Å²) < 4.78 is 5.99. The molecule has 2 fully saturated rings. The summed E-state index contributed by atoms with van der Waals surface area (Å²) in [7, 11) is 2.15. The Kier molecular flexibility index (Phi) is 10.3. The SMILES string of the molecule is CN1CCOC(CN2CCN(c3nc4c(c(NCc5ccc(Cl)cc5Cl)n3)CN(C(S)=CC(C#N)C#N)CC4)CC2)C1. The molecule has 4 heterocycles. The van der Waals surface area contributed by atoms with Gasteiger partial charge in [-0.3, -0.25) is 4.90 Å². The summed E-state index contributed by atoms with van der Waals surface area (Å²) in [4.78, 5) is 19.1. The molecule has 2 aromatic rings. The van der Waals surface area contributed by atoms with Crippen LogP contribution in [0.15, 0.2) is 29.3 Å². The van der Waals surface area contributed by atoms with Crippen LogP contribution in [0.5, 0.6) is 0 Å². The van der Waals surface area contributed by atoms with E-state index in [1.54, 1.807) is 12.1 Å². The van der Waals surface area contributed by atoms with Gasteiger partial charge in [-0.2, -0.15) is 15.5 Å². The van der Waals surface area contributed by atoms with Gasteiger partial charge >= 0.3 is 0 Å². The number of hydrogen-bond donors (Lipinski definition) is 2. The van der Waals surface area contributed by atoms with Gasteiger partial charge in [0.2, 0.25) is 5.95 Å². The van der Waals surface area contributed by atoms with Crippen LogP contribution < -0.4 is 10.2 Å². The fourth-order valence-corrected chi connectivity index (χ4v) is 6.28. The third-order valence-corrected chi connectivity index (χ3v) is 8.91. The highest BCUT2D eigenvalue weighted by atomic mass is 35.5. The zero-order valence-electron chi connectivity index (χ0n) is 23.6. The van der Waals surface area contributed by atoms with Gasteiger partial charge in [-0.05, 0) is 30.8 Å². The summed E-state index contributed by atoms with van der Waals surface area (Å²) in [5.41, 5.74) is 2.87. The molecule has 3 aliphatic rings. The minimum Gasteiger partial charge on any atom is -0.374 e. The molecule has 0 saturated carbocycles. The van der Waals surface area contributed by atoms with Crippen LogP contribution in [-0.2, 0) is 24.2 Å². The molecule has 3 aliphatic heterocycles. The van der Waals surface area contributed by atoms with Crippen molar-refractivity contribution in [2.75, 3.05) is 76.2 Å². The van der Waals surface area contributed by atoms with E-state index in [4.69, 9.17) is 37.9 Å². The Balaban J connectivity index is 1.34. The average Bonchev–Trinajstić information content (AvgIpc) is 2.99. The quantitative estimate of drug-likeness (QED) is 0.421. The number of nitrogens with zero attached hydrogens (tertiary/aromatic N) is 8. The number of hydrogen-bond acceptors (Lipinski definition) is 11. The number of aromatic nitrogens is 2. The van der Waals surface area contributed by atoms with E-state index in [0.29, 0.717) is 41.1 Å². The first-order valence-corrected chi connectivity index (χ1v) is 15.3. The van der Waals surface area contributed by atoms with Gasteiger partial charge in [0.25, 0.3) is 0 Å². The van der Waals surface area contributed by atoms with Gasteiger partial charge in [0.15, 0.2) is 5.92 Å². The lowest BCUT2D eigenvalue weighted by molar-refractivity contribution is -0.0361. The molecular weight excluding hydrogens is 593 g/mol. The van der Waals surface area contributed by atoms with Gasteiger partial charge in [0.05, 0.1) is 35.6 Å². The van der Waals surface area contributed by atoms with Crippen molar-refractivity contribution >= 4 is 47.6 Å². The van der Waals surface area contributed by atoms with Crippen LogP contribution in [0.2, 0.25) is 10.0 Å². The Labute approximate surface area is 262 Å². The lowest BCUT2D eigenvalue weighted by Gasteiger charge is -2.39. The first-order valence-electron chi connectivity index (χ1n) is 14.1. The first-order chi connectivity index (χ1) is 20.3. The molecular formula is C29H35Cl2N9OS. The molecule has 42 heavy (non-hydrogen) atoms. The number of thiol groups is 1. The van der Waals surface area contributed by atoms with E-state index in [0.717, 1.165) is 81.0 Å². The smallest absolute Gasteiger partial charge is 0.227 e. The highest BCUT2D eigenvalue weighted by Crippen LogP contribution is 2.31. The van der Waals surface area contributed by atoms with Crippen LogP contribution in [-0.4, -0.2) is 96.8 Å². The van der Waals surface area contributed by atoms with E-state index < -0.39 is 5.92 Å². The Morgan fingerprint density at radius 1 is 1.17 bits per heavy atom. The van der Waals surface area contributed by atoms with E-state index in [9.17, 15) is 10.5 Å². The van der Waals surface area contributed by atoms with Crippen molar-refractivity contribution in [3.63, 3.8) is 0 Å². The van der Waals surface area contributed by atoms with E-state index in [1.165, 1.54) is 0 Å². The summed E-state index contributed by atoms with van der Waals surface area (Å²) in [6.07, 6.45) is 2.52. The second kappa shape index (κ2) is 14.1. The molecule has 0 radical (unpaired) electrons. The summed E-state index contributed by atoms with van der Waals surface area (Å²) in [6.45, 7) is 8.86. The zero-order chi connectivity index (χ0) is 29.6. The van der Waals surface area contributed by atoms with Crippen molar-refractivity contribution < 1.29 is 4.74 Å². The molecule has 1 aromatic heterocycles. The minimum atomic E-state index is -0.855. The lowest BCUT2D eigenvalue weighted by atomic mass is 10.1.